The number of methoxy groups -OCH3 is 2. The molecular formula is C18H19FN2O5S. The van der Waals surface area contributed by atoms with Gasteiger partial charge in [0.15, 0.2) is 11.6 Å². The normalized spacial score (nSPS) is 13.7. The Balaban J connectivity index is 1.84. The number of hydrogen-bond acceptors (Lipinski definition) is 5. The van der Waals surface area contributed by atoms with Gasteiger partial charge in [-0.1, -0.05) is 6.07 Å². The first-order valence-electron chi connectivity index (χ1n) is 8.15. The van der Waals surface area contributed by atoms with E-state index in [1.54, 1.807) is 17.0 Å². The highest BCUT2D eigenvalue weighted by Crippen LogP contribution is 2.26. The van der Waals surface area contributed by atoms with Crippen LogP contribution >= 0.6 is 0 Å². The molecule has 2 aromatic rings. The van der Waals surface area contributed by atoms with Gasteiger partial charge in [-0.3, -0.25) is 4.72 Å². The van der Waals surface area contributed by atoms with Crippen LogP contribution in [0.1, 0.15) is 11.1 Å². The van der Waals surface area contributed by atoms with E-state index in [0.717, 1.165) is 17.2 Å². The van der Waals surface area contributed by atoms with Gasteiger partial charge in [-0.25, -0.2) is 17.6 Å². The maximum atomic E-state index is 13.8. The van der Waals surface area contributed by atoms with Crippen LogP contribution in [0.4, 0.5) is 14.9 Å². The summed E-state index contributed by atoms with van der Waals surface area (Å²) in [6.07, 6.45) is 0.224. The number of benzene rings is 2. The van der Waals surface area contributed by atoms with E-state index in [-0.39, 0.29) is 10.6 Å². The van der Waals surface area contributed by atoms with Crippen molar-refractivity contribution in [3.8, 4) is 5.75 Å². The second kappa shape index (κ2) is 7.43. The minimum atomic E-state index is -3.97. The molecule has 0 fully saturated rings. The molecule has 2 aromatic carbocycles. The van der Waals surface area contributed by atoms with Crippen LogP contribution in [0.2, 0.25) is 0 Å². The molecule has 0 saturated heterocycles. The molecule has 9 heteroatoms. The Hall–Kier alpha value is -2.81. The maximum Gasteiger partial charge on any atom is 0.409 e. The van der Waals surface area contributed by atoms with Crippen molar-refractivity contribution in [3.63, 3.8) is 0 Å². The second-order valence-corrected chi connectivity index (χ2v) is 7.71. The van der Waals surface area contributed by atoms with Crippen LogP contribution in [-0.4, -0.2) is 40.2 Å². The Kier molecular flexibility index (Phi) is 5.22. The molecule has 1 aliphatic rings. The zero-order valence-corrected chi connectivity index (χ0v) is 15.7. The van der Waals surface area contributed by atoms with Gasteiger partial charge in [-0.2, -0.15) is 0 Å². The lowest BCUT2D eigenvalue weighted by atomic mass is 9.99. The Bertz CT molecular complexity index is 978. The minimum absolute atomic E-state index is 0.0365. The molecule has 1 heterocycles. The van der Waals surface area contributed by atoms with E-state index in [4.69, 9.17) is 9.47 Å². The molecule has 0 unspecified atom stereocenters. The van der Waals surface area contributed by atoms with Crippen molar-refractivity contribution in [1.82, 2.24) is 4.90 Å². The highest BCUT2D eigenvalue weighted by atomic mass is 32.2. The van der Waals surface area contributed by atoms with E-state index in [0.29, 0.717) is 25.2 Å². The highest BCUT2D eigenvalue weighted by molar-refractivity contribution is 7.92. The van der Waals surface area contributed by atoms with Gasteiger partial charge in [-0.15, -0.1) is 0 Å². The molecule has 144 valence electrons. The fourth-order valence-corrected chi connectivity index (χ4v) is 3.99. The van der Waals surface area contributed by atoms with Crippen molar-refractivity contribution >= 4 is 21.8 Å². The SMILES string of the molecule is COC(=O)N1CCc2ccc(NS(=O)(=O)c3ccc(OC)c(F)c3)cc2C1. The van der Waals surface area contributed by atoms with E-state index in [9.17, 15) is 17.6 Å². The molecule has 0 aliphatic carbocycles. The van der Waals surface area contributed by atoms with Crippen LogP contribution in [0, 0.1) is 5.82 Å². The number of carbonyl (C=O) groups excluding carboxylic acids is 1. The molecular weight excluding hydrogens is 375 g/mol. The number of carbonyl (C=O) groups is 1. The standard InChI is InChI=1S/C18H19FN2O5S/c1-25-17-6-5-15(10-16(17)19)27(23,24)20-14-4-3-12-7-8-21(18(22)26-2)11-13(12)9-14/h3-6,9-10,20H,7-8,11H2,1-2H3. The van der Waals surface area contributed by atoms with Gasteiger partial charge in [-0.05, 0) is 47.9 Å². The van der Waals surface area contributed by atoms with Crippen LogP contribution in [0.15, 0.2) is 41.3 Å². The topological polar surface area (TPSA) is 84.9 Å². The number of nitrogens with one attached hydrogen (secondary N) is 1. The van der Waals surface area contributed by atoms with Gasteiger partial charge in [0.05, 0.1) is 19.1 Å². The largest absolute Gasteiger partial charge is 0.494 e. The molecule has 7 nitrogen and oxygen atoms in total. The van der Waals surface area contributed by atoms with Crippen molar-refractivity contribution in [2.45, 2.75) is 17.9 Å². The minimum Gasteiger partial charge on any atom is -0.494 e. The quantitative estimate of drug-likeness (QED) is 0.862. The maximum absolute atomic E-state index is 13.8. The molecule has 1 aliphatic heterocycles. The monoisotopic (exact) mass is 394 g/mol. The highest BCUT2D eigenvalue weighted by Gasteiger charge is 2.22. The third-order valence-electron chi connectivity index (χ3n) is 4.34. The number of halogens is 1. The summed E-state index contributed by atoms with van der Waals surface area (Å²) < 4.78 is 50.9. The molecule has 0 aromatic heterocycles. The number of ether oxygens (including phenoxy) is 2. The lowest BCUT2D eigenvalue weighted by molar-refractivity contribution is 0.118. The van der Waals surface area contributed by atoms with Gasteiger partial charge < -0.3 is 14.4 Å². The zero-order valence-electron chi connectivity index (χ0n) is 14.9. The summed E-state index contributed by atoms with van der Waals surface area (Å²) in [6, 6.07) is 8.55. The number of fused-ring (bicyclic) bond motifs is 1. The van der Waals surface area contributed by atoms with E-state index >= 15 is 0 Å². The third-order valence-corrected chi connectivity index (χ3v) is 5.72. The van der Waals surface area contributed by atoms with Gasteiger partial charge in [0, 0.05) is 18.8 Å². The van der Waals surface area contributed by atoms with Crippen molar-refractivity contribution < 1.29 is 27.1 Å². The van der Waals surface area contributed by atoms with Crippen LogP contribution in [0.5, 0.6) is 5.75 Å². The van der Waals surface area contributed by atoms with Gasteiger partial charge in [0.2, 0.25) is 0 Å². The van der Waals surface area contributed by atoms with E-state index in [1.165, 1.54) is 26.4 Å². The van der Waals surface area contributed by atoms with E-state index in [1.807, 2.05) is 6.07 Å². The summed E-state index contributed by atoms with van der Waals surface area (Å²) in [6.45, 7) is 0.866. The number of nitrogens with zero attached hydrogens (tertiary/aromatic N) is 1. The molecule has 0 radical (unpaired) electrons. The Labute approximate surface area is 156 Å². The molecule has 1 N–H and O–H groups in total. The van der Waals surface area contributed by atoms with Crippen molar-refractivity contribution in [2.24, 2.45) is 0 Å². The fourth-order valence-electron chi connectivity index (χ4n) is 2.93. The van der Waals surface area contributed by atoms with Crippen molar-refractivity contribution in [1.29, 1.82) is 0 Å². The molecule has 0 saturated carbocycles. The molecule has 0 atom stereocenters. The Morgan fingerprint density at radius 3 is 2.59 bits per heavy atom. The van der Waals surface area contributed by atoms with Crippen molar-refractivity contribution in [2.75, 3.05) is 25.5 Å². The van der Waals surface area contributed by atoms with Gasteiger partial charge >= 0.3 is 6.09 Å². The lowest BCUT2D eigenvalue weighted by Crippen LogP contribution is -2.35. The first-order valence-corrected chi connectivity index (χ1v) is 9.63. The summed E-state index contributed by atoms with van der Waals surface area (Å²) in [4.78, 5) is 13.0. The number of sulfonamides is 1. The predicted molar refractivity (Wildman–Crippen MR) is 96.7 cm³/mol. The van der Waals surface area contributed by atoms with Gasteiger partial charge in [0.1, 0.15) is 0 Å². The number of anilines is 1. The fraction of sp³-hybridized carbons (Fsp3) is 0.278. The van der Waals surface area contributed by atoms with E-state index < -0.39 is 21.9 Å². The number of amides is 1. The van der Waals surface area contributed by atoms with Gasteiger partial charge in [0.25, 0.3) is 10.0 Å². The Morgan fingerprint density at radius 1 is 1.15 bits per heavy atom. The molecule has 3 rings (SSSR count). The van der Waals surface area contributed by atoms with Crippen molar-refractivity contribution in [3.05, 3.63) is 53.3 Å². The average molecular weight is 394 g/mol. The van der Waals surface area contributed by atoms with Crippen LogP contribution in [0.25, 0.3) is 0 Å². The first-order chi connectivity index (χ1) is 12.8. The summed E-state index contributed by atoms with van der Waals surface area (Å²) in [5.41, 5.74) is 2.19. The van der Waals surface area contributed by atoms with E-state index in [2.05, 4.69) is 4.72 Å². The van der Waals surface area contributed by atoms with Crippen LogP contribution in [-0.2, 0) is 27.7 Å². The van der Waals surface area contributed by atoms with Crippen LogP contribution in [0.3, 0.4) is 0 Å². The number of rotatable bonds is 4. The van der Waals surface area contributed by atoms with Crippen LogP contribution < -0.4 is 9.46 Å². The third kappa shape index (κ3) is 3.97. The molecule has 27 heavy (non-hydrogen) atoms. The first kappa shape index (κ1) is 19.0. The smallest absolute Gasteiger partial charge is 0.409 e. The summed E-state index contributed by atoms with van der Waals surface area (Å²) in [5.74, 6) is -0.801. The molecule has 0 spiro atoms. The lowest BCUT2D eigenvalue weighted by Gasteiger charge is -2.28. The summed E-state index contributed by atoms with van der Waals surface area (Å²) in [7, 11) is -1.36. The molecule has 1 amide bonds. The second-order valence-electron chi connectivity index (χ2n) is 6.03. The summed E-state index contributed by atoms with van der Waals surface area (Å²) >= 11 is 0. The molecule has 0 bridgehead atoms. The Morgan fingerprint density at radius 2 is 1.93 bits per heavy atom. The summed E-state index contributed by atoms with van der Waals surface area (Å²) in [5, 5.41) is 0. The number of hydrogen-bond donors (Lipinski definition) is 1. The zero-order chi connectivity index (χ0) is 19.6. The predicted octanol–water partition coefficient (Wildman–Crippen LogP) is 2.76. The average Bonchev–Trinajstić information content (AvgIpc) is 2.66.